The SMILES string of the molecule is C/C(=N\NC(=O)c1sc2cc(C)ccc2c1Cl)c1ccc(Cl)c(Cl)c1. The number of hydrogen-bond donors (Lipinski definition) is 1. The zero-order valence-corrected chi connectivity index (χ0v) is 16.4. The predicted molar refractivity (Wildman–Crippen MR) is 108 cm³/mol. The molecule has 0 unspecified atom stereocenters. The number of thiophene rings is 1. The number of carbonyl (C=O) groups is 1. The number of nitrogens with one attached hydrogen (secondary N) is 1. The number of rotatable bonds is 3. The van der Waals surface area contributed by atoms with Gasteiger partial charge in [0.05, 0.1) is 20.8 Å². The molecular formula is C18H13Cl3N2OS. The molecule has 3 aromatic rings. The van der Waals surface area contributed by atoms with Gasteiger partial charge >= 0.3 is 0 Å². The predicted octanol–water partition coefficient (Wildman–Crippen LogP) is 6.32. The van der Waals surface area contributed by atoms with Crippen molar-refractivity contribution in [2.45, 2.75) is 13.8 Å². The van der Waals surface area contributed by atoms with E-state index in [0.717, 1.165) is 21.2 Å². The molecule has 1 amide bonds. The standard InChI is InChI=1S/C18H13Cl3N2OS/c1-9-3-5-12-15(7-9)25-17(16(12)21)18(24)23-22-10(2)11-4-6-13(19)14(20)8-11/h3-8H,1-2H3,(H,23,24)/b22-10+. The van der Waals surface area contributed by atoms with Crippen LogP contribution >= 0.6 is 46.1 Å². The van der Waals surface area contributed by atoms with Crippen molar-refractivity contribution < 1.29 is 4.79 Å². The van der Waals surface area contributed by atoms with Crippen LogP contribution in [0.5, 0.6) is 0 Å². The summed E-state index contributed by atoms with van der Waals surface area (Å²) in [6, 6.07) is 11.1. The Hall–Kier alpha value is -1.59. The Balaban J connectivity index is 1.84. The van der Waals surface area contributed by atoms with Crippen LogP contribution in [0.3, 0.4) is 0 Å². The first-order valence-corrected chi connectivity index (χ1v) is 9.30. The van der Waals surface area contributed by atoms with Crippen LogP contribution in [0.25, 0.3) is 10.1 Å². The Morgan fingerprint density at radius 1 is 1.08 bits per heavy atom. The summed E-state index contributed by atoms with van der Waals surface area (Å²) in [6.45, 7) is 3.77. The third kappa shape index (κ3) is 3.82. The van der Waals surface area contributed by atoms with Crippen LogP contribution in [0.2, 0.25) is 15.1 Å². The quantitative estimate of drug-likeness (QED) is 0.397. The second kappa shape index (κ2) is 7.34. The summed E-state index contributed by atoms with van der Waals surface area (Å²) < 4.78 is 0.973. The first-order valence-electron chi connectivity index (χ1n) is 7.35. The molecule has 0 aliphatic heterocycles. The lowest BCUT2D eigenvalue weighted by Gasteiger charge is -2.04. The van der Waals surface area contributed by atoms with Crippen molar-refractivity contribution in [2.24, 2.45) is 5.10 Å². The molecular weight excluding hydrogens is 399 g/mol. The first kappa shape index (κ1) is 18.2. The minimum absolute atomic E-state index is 0.344. The second-order valence-electron chi connectivity index (χ2n) is 5.51. The maximum atomic E-state index is 12.4. The molecule has 128 valence electrons. The van der Waals surface area contributed by atoms with E-state index < -0.39 is 0 Å². The molecule has 0 aliphatic carbocycles. The number of halogens is 3. The molecule has 7 heteroatoms. The van der Waals surface area contributed by atoms with Gasteiger partial charge in [0, 0.05) is 10.1 Å². The van der Waals surface area contributed by atoms with Gasteiger partial charge in [-0.15, -0.1) is 11.3 Å². The van der Waals surface area contributed by atoms with Gasteiger partial charge in [0.15, 0.2) is 0 Å². The maximum absolute atomic E-state index is 12.4. The third-order valence-electron chi connectivity index (χ3n) is 3.65. The van der Waals surface area contributed by atoms with Gasteiger partial charge < -0.3 is 0 Å². The summed E-state index contributed by atoms with van der Waals surface area (Å²) >= 11 is 19.6. The van der Waals surface area contributed by atoms with E-state index in [4.69, 9.17) is 34.8 Å². The molecule has 0 atom stereocenters. The highest BCUT2D eigenvalue weighted by atomic mass is 35.5. The lowest BCUT2D eigenvalue weighted by Crippen LogP contribution is -2.18. The zero-order chi connectivity index (χ0) is 18.1. The minimum Gasteiger partial charge on any atom is -0.266 e. The highest BCUT2D eigenvalue weighted by Gasteiger charge is 2.17. The van der Waals surface area contributed by atoms with Crippen LogP contribution in [-0.2, 0) is 0 Å². The minimum atomic E-state index is -0.344. The molecule has 1 heterocycles. The summed E-state index contributed by atoms with van der Waals surface area (Å²) in [7, 11) is 0. The van der Waals surface area contributed by atoms with Gasteiger partial charge in [-0.05, 0) is 43.2 Å². The van der Waals surface area contributed by atoms with Gasteiger partial charge in [0.2, 0.25) is 0 Å². The van der Waals surface area contributed by atoms with Crippen molar-refractivity contribution in [3.05, 3.63) is 67.5 Å². The zero-order valence-electron chi connectivity index (χ0n) is 13.4. The van der Waals surface area contributed by atoms with Crippen LogP contribution in [0.1, 0.15) is 27.7 Å². The summed E-state index contributed by atoms with van der Waals surface area (Å²) in [5.74, 6) is -0.344. The van der Waals surface area contributed by atoms with Gasteiger partial charge in [-0.2, -0.15) is 5.10 Å². The number of fused-ring (bicyclic) bond motifs is 1. The van der Waals surface area contributed by atoms with E-state index in [2.05, 4.69) is 10.5 Å². The molecule has 0 fully saturated rings. The van der Waals surface area contributed by atoms with Crippen LogP contribution in [0.4, 0.5) is 0 Å². The van der Waals surface area contributed by atoms with E-state index in [1.807, 2.05) is 25.1 Å². The van der Waals surface area contributed by atoms with E-state index in [0.29, 0.717) is 25.7 Å². The van der Waals surface area contributed by atoms with Crippen molar-refractivity contribution in [2.75, 3.05) is 0 Å². The van der Waals surface area contributed by atoms with Gasteiger partial charge in [0.25, 0.3) is 5.91 Å². The van der Waals surface area contributed by atoms with E-state index in [9.17, 15) is 4.79 Å². The first-order chi connectivity index (χ1) is 11.9. The Kier molecular flexibility index (Phi) is 5.35. The van der Waals surface area contributed by atoms with Crippen molar-refractivity contribution in [1.82, 2.24) is 5.43 Å². The topological polar surface area (TPSA) is 41.5 Å². The van der Waals surface area contributed by atoms with E-state index in [1.54, 1.807) is 25.1 Å². The Morgan fingerprint density at radius 2 is 1.84 bits per heavy atom. The molecule has 1 N–H and O–H groups in total. The number of nitrogens with zero attached hydrogens (tertiary/aromatic N) is 1. The number of carbonyl (C=O) groups excluding carboxylic acids is 1. The van der Waals surface area contributed by atoms with E-state index in [-0.39, 0.29) is 5.91 Å². The Bertz CT molecular complexity index is 1010. The van der Waals surface area contributed by atoms with Gasteiger partial charge in [-0.1, -0.05) is 53.0 Å². The lowest BCUT2D eigenvalue weighted by atomic mass is 10.1. The largest absolute Gasteiger partial charge is 0.283 e. The number of amides is 1. The summed E-state index contributed by atoms with van der Waals surface area (Å²) in [5, 5.41) is 6.35. The molecule has 0 spiro atoms. The molecule has 0 saturated heterocycles. The fourth-order valence-electron chi connectivity index (χ4n) is 2.29. The van der Waals surface area contributed by atoms with Crippen molar-refractivity contribution in [3.8, 4) is 0 Å². The Labute approximate surface area is 164 Å². The molecule has 1 aromatic heterocycles. The number of hydrogen-bond acceptors (Lipinski definition) is 3. The summed E-state index contributed by atoms with van der Waals surface area (Å²) in [4.78, 5) is 12.9. The molecule has 0 aliphatic rings. The highest BCUT2D eigenvalue weighted by molar-refractivity contribution is 7.21. The van der Waals surface area contributed by atoms with Crippen LogP contribution in [-0.4, -0.2) is 11.6 Å². The van der Waals surface area contributed by atoms with Gasteiger partial charge in [-0.25, -0.2) is 5.43 Å². The normalized spacial score (nSPS) is 11.8. The molecule has 25 heavy (non-hydrogen) atoms. The molecule has 0 radical (unpaired) electrons. The highest BCUT2D eigenvalue weighted by Crippen LogP contribution is 2.35. The molecule has 2 aromatic carbocycles. The summed E-state index contributed by atoms with van der Waals surface area (Å²) in [6.07, 6.45) is 0. The fourth-order valence-corrected chi connectivity index (χ4v) is 4.09. The van der Waals surface area contributed by atoms with Crippen molar-refractivity contribution >= 4 is 67.8 Å². The van der Waals surface area contributed by atoms with Crippen LogP contribution < -0.4 is 5.43 Å². The van der Waals surface area contributed by atoms with Gasteiger partial charge in [0.1, 0.15) is 4.88 Å². The smallest absolute Gasteiger partial charge is 0.266 e. The van der Waals surface area contributed by atoms with E-state index >= 15 is 0 Å². The number of hydrazone groups is 1. The number of aryl methyl sites for hydroxylation is 1. The van der Waals surface area contributed by atoms with Crippen LogP contribution in [0.15, 0.2) is 41.5 Å². The molecule has 0 saturated carbocycles. The molecule has 3 rings (SSSR count). The van der Waals surface area contributed by atoms with Crippen molar-refractivity contribution in [3.63, 3.8) is 0 Å². The van der Waals surface area contributed by atoms with Gasteiger partial charge in [-0.3, -0.25) is 4.79 Å². The summed E-state index contributed by atoms with van der Waals surface area (Å²) in [5.41, 5.74) is 5.05. The number of benzene rings is 2. The van der Waals surface area contributed by atoms with Crippen molar-refractivity contribution in [1.29, 1.82) is 0 Å². The lowest BCUT2D eigenvalue weighted by molar-refractivity contribution is 0.0959. The second-order valence-corrected chi connectivity index (χ2v) is 7.76. The van der Waals surface area contributed by atoms with Crippen LogP contribution in [0, 0.1) is 6.92 Å². The Morgan fingerprint density at radius 3 is 2.56 bits per heavy atom. The monoisotopic (exact) mass is 410 g/mol. The average molecular weight is 412 g/mol. The third-order valence-corrected chi connectivity index (χ3v) is 6.05. The fraction of sp³-hybridized carbons (Fsp3) is 0.111. The molecule has 3 nitrogen and oxygen atoms in total. The maximum Gasteiger partial charge on any atom is 0.283 e. The molecule has 0 bridgehead atoms. The average Bonchev–Trinajstić information content (AvgIpc) is 2.91. The van der Waals surface area contributed by atoms with E-state index in [1.165, 1.54) is 11.3 Å².